The van der Waals surface area contributed by atoms with Gasteiger partial charge in [0.1, 0.15) is 0 Å². The number of aromatic nitrogens is 2. The Morgan fingerprint density at radius 2 is 1.74 bits per heavy atom. The van der Waals surface area contributed by atoms with Gasteiger partial charge in [-0.2, -0.15) is 0 Å². The van der Waals surface area contributed by atoms with E-state index in [1.165, 1.54) is 17.8 Å². The van der Waals surface area contributed by atoms with Gasteiger partial charge in [0, 0.05) is 17.5 Å². The fourth-order valence-electron chi connectivity index (χ4n) is 3.97. The summed E-state index contributed by atoms with van der Waals surface area (Å²) in [6, 6.07) is 6.53. The topological polar surface area (TPSA) is 102 Å². The largest absolute Gasteiger partial charge is 0.511 e. The van der Waals surface area contributed by atoms with Crippen LogP contribution >= 0.6 is 0 Å². The van der Waals surface area contributed by atoms with Gasteiger partial charge in [-0.15, -0.1) is 5.10 Å². The summed E-state index contributed by atoms with van der Waals surface area (Å²) in [6.45, 7) is 7.42. The third-order valence-corrected chi connectivity index (χ3v) is 5.75. The van der Waals surface area contributed by atoms with Crippen LogP contribution in [0.3, 0.4) is 0 Å². The molecule has 3 rings (SSSR count). The van der Waals surface area contributed by atoms with Crippen LogP contribution in [-0.4, -0.2) is 38.8 Å². The molecule has 1 fully saturated rings. The molecule has 1 aliphatic carbocycles. The van der Waals surface area contributed by atoms with Crippen molar-refractivity contribution in [1.29, 1.82) is 0 Å². The van der Waals surface area contributed by atoms with Gasteiger partial charge in [-0.1, -0.05) is 6.92 Å². The lowest BCUT2D eigenvalue weighted by Crippen LogP contribution is -2.42. The molecule has 2 aromatic rings. The fraction of sp³-hybridized carbons (Fsp3) is 0.478. The van der Waals surface area contributed by atoms with E-state index in [1.807, 2.05) is 13.8 Å². The average molecular weight is 428 g/mol. The minimum atomic E-state index is -1.48. The van der Waals surface area contributed by atoms with Gasteiger partial charge in [0.25, 0.3) is 0 Å². The molecule has 1 aliphatic rings. The van der Waals surface area contributed by atoms with Crippen LogP contribution in [0.4, 0.5) is 10.6 Å². The molecule has 1 amide bonds. The van der Waals surface area contributed by atoms with E-state index in [-0.39, 0.29) is 35.2 Å². The van der Waals surface area contributed by atoms with Crippen molar-refractivity contribution in [2.45, 2.75) is 59.4 Å². The Balaban J connectivity index is 1.98. The Hall–Kier alpha value is -3.16. The van der Waals surface area contributed by atoms with Crippen molar-refractivity contribution in [2.75, 3.05) is 4.90 Å². The molecule has 0 spiro atoms. The number of amides is 1. The maximum atomic E-state index is 13.4. The zero-order chi connectivity index (χ0) is 22.7. The van der Waals surface area contributed by atoms with Crippen LogP contribution in [0, 0.1) is 11.8 Å². The lowest BCUT2D eigenvalue weighted by atomic mass is 9.82. The third-order valence-electron chi connectivity index (χ3n) is 5.75. The van der Waals surface area contributed by atoms with Crippen LogP contribution in [0.25, 0.3) is 5.69 Å². The number of rotatable bonds is 6. The standard InChI is InChI=1S/C23H29N3O5/c1-14(2)26(22(28)18-7-5-15(3)6-8-18)21-20(31-23(29)30)13-25(24-21)19-11-9-17(10-12-19)16(4)27/h9-15,18H,5-8H2,1-4H3,(H,29,30). The van der Waals surface area contributed by atoms with Crippen molar-refractivity contribution >= 4 is 23.7 Å². The summed E-state index contributed by atoms with van der Waals surface area (Å²) in [5.41, 5.74) is 1.18. The average Bonchev–Trinajstić information content (AvgIpc) is 3.11. The van der Waals surface area contributed by atoms with Crippen LogP contribution in [0.15, 0.2) is 30.5 Å². The predicted molar refractivity (Wildman–Crippen MR) is 116 cm³/mol. The first-order valence-corrected chi connectivity index (χ1v) is 10.6. The van der Waals surface area contributed by atoms with E-state index >= 15 is 0 Å². The number of anilines is 1. The van der Waals surface area contributed by atoms with Crippen molar-refractivity contribution < 1.29 is 24.2 Å². The number of carbonyl (C=O) groups is 3. The van der Waals surface area contributed by atoms with Gasteiger partial charge in [0.2, 0.25) is 11.7 Å². The molecule has 8 heteroatoms. The second kappa shape index (κ2) is 9.32. The summed E-state index contributed by atoms with van der Waals surface area (Å²) in [5.74, 6) is 0.553. The maximum absolute atomic E-state index is 13.4. The summed E-state index contributed by atoms with van der Waals surface area (Å²) in [6.07, 6.45) is 3.58. The summed E-state index contributed by atoms with van der Waals surface area (Å²) >= 11 is 0. The molecule has 8 nitrogen and oxygen atoms in total. The number of hydrogen-bond donors (Lipinski definition) is 1. The molecule has 31 heavy (non-hydrogen) atoms. The number of nitrogens with zero attached hydrogens (tertiary/aromatic N) is 3. The minimum Gasteiger partial charge on any atom is -0.449 e. The Labute approximate surface area is 181 Å². The first-order valence-electron chi connectivity index (χ1n) is 10.6. The number of Topliss-reactive ketones (excluding diaryl/α,β-unsaturated/α-hetero) is 1. The Kier molecular flexibility index (Phi) is 6.77. The van der Waals surface area contributed by atoms with E-state index in [4.69, 9.17) is 4.74 Å². The quantitative estimate of drug-likeness (QED) is 0.530. The number of carboxylic acid groups (broad SMARTS) is 1. The van der Waals surface area contributed by atoms with E-state index in [1.54, 1.807) is 29.2 Å². The highest BCUT2D eigenvalue weighted by Gasteiger charge is 2.34. The Morgan fingerprint density at radius 3 is 2.26 bits per heavy atom. The highest BCUT2D eigenvalue weighted by atomic mass is 16.7. The van der Waals surface area contributed by atoms with Gasteiger partial charge < -0.3 is 9.84 Å². The monoisotopic (exact) mass is 427 g/mol. The molecule has 166 valence electrons. The second-order valence-electron chi connectivity index (χ2n) is 8.49. The molecule has 1 aromatic heterocycles. The Morgan fingerprint density at radius 1 is 1.13 bits per heavy atom. The first-order chi connectivity index (χ1) is 14.7. The van der Waals surface area contributed by atoms with Crippen LogP contribution in [0.1, 0.15) is 63.7 Å². The van der Waals surface area contributed by atoms with Crippen LogP contribution in [-0.2, 0) is 4.79 Å². The number of hydrogen-bond acceptors (Lipinski definition) is 5. The van der Waals surface area contributed by atoms with E-state index in [0.29, 0.717) is 17.2 Å². The second-order valence-corrected chi connectivity index (χ2v) is 8.49. The van der Waals surface area contributed by atoms with Crippen LogP contribution in [0.5, 0.6) is 5.75 Å². The SMILES string of the molecule is CC(=O)c1ccc(-n2cc(OC(=O)O)c(N(C(=O)C3CCC(C)CC3)C(C)C)n2)cc1. The summed E-state index contributed by atoms with van der Waals surface area (Å²) < 4.78 is 6.44. The van der Waals surface area contributed by atoms with Crippen molar-refractivity contribution in [1.82, 2.24) is 9.78 Å². The molecule has 0 radical (unpaired) electrons. The van der Waals surface area contributed by atoms with Gasteiger partial charge in [-0.05, 0) is 76.6 Å². The predicted octanol–water partition coefficient (Wildman–Crippen LogP) is 4.70. The Bertz CT molecular complexity index is 956. The van der Waals surface area contributed by atoms with E-state index in [2.05, 4.69) is 12.0 Å². The molecule has 0 aliphatic heterocycles. The van der Waals surface area contributed by atoms with Gasteiger partial charge in [0.05, 0.1) is 11.9 Å². The summed E-state index contributed by atoms with van der Waals surface area (Å²) in [4.78, 5) is 37.7. The molecule has 1 N–H and O–H groups in total. The van der Waals surface area contributed by atoms with E-state index < -0.39 is 6.16 Å². The van der Waals surface area contributed by atoms with Crippen molar-refractivity contribution in [3.8, 4) is 11.4 Å². The molecular weight excluding hydrogens is 398 g/mol. The molecular formula is C23H29N3O5. The molecule has 0 atom stereocenters. The van der Waals surface area contributed by atoms with E-state index in [9.17, 15) is 19.5 Å². The zero-order valence-electron chi connectivity index (χ0n) is 18.4. The molecule has 1 aromatic carbocycles. The van der Waals surface area contributed by atoms with Gasteiger partial charge in [-0.3, -0.25) is 14.5 Å². The highest BCUT2D eigenvalue weighted by molar-refractivity contribution is 5.96. The van der Waals surface area contributed by atoms with Crippen molar-refractivity contribution in [3.05, 3.63) is 36.0 Å². The van der Waals surface area contributed by atoms with Gasteiger partial charge in [-0.25, -0.2) is 9.48 Å². The van der Waals surface area contributed by atoms with Gasteiger partial charge >= 0.3 is 6.16 Å². The smallest absolute Gasteiger partial charge is 0.449 e. The van der Waals surface area contributed by atoms with Gasteiger partial charge in [0.15, 0.2) is 11.5 Å². The van der Waals surface area contributed by atoms with Crippen LogP contribution in [0.2, 0.25) is 0 Å². The summed E-state index contributed by atoms with van der Waals surface area (Å²) in [5, 5.41) is 13.7. The lowest BCUT2D eigenvalue weighted by molar-refractivity contribution is -0.124. The molecule has 0 unspecified atom stereocenters. The number of carbonyl (C=O) groups excluding carboxylic acids is 2. The van der Waals surface area contributed by atoms with Crippen molar-refractivity contribution in [3.63, 3.8) is 0 Å². The minimum absolute atomic E-state index is 0.00521. The normalized spacial score (nSPS) is 18.6. The van der Waals surface area contributed by atoms with Crippen molar-refractivity contribution in [2.24, 2.45) is 11.8 Å². The third kappa shape index (κ3) is 5.13. The van der Waals surface area contributed by atoms with Crippen LogP contribution < -0.4 is 9.64 Å². The highest BCUT2D eigenvalue weighted by Crippen LogP contribution is 2.35. The lowest BCUT2D eigenvalue weighted by Gasteiger charge is -2.32. The molecule has 1 saturated carbocycles. The maximum Gasteiger partial charge on any atom is 0.511 e. The molecule has 0 saturated heterocycles. The molecule has 1 heterocycles. The molecule has 0 bridgehead atoms. The fourth-order valence-corrected chi connectivity index (χ4v) is 3.97. The van der Waals surface area contributed by atoms with E-state index in [0.717, 1.165) is 25.7 Å². The summed E-state index contributed by atoms with van der Waals surface area (Å²) in [7, 11) is 0. The number of ether oxygens (including phenoxy) is 1. The number of benzene rings is 1. The first kappa shape index (κ1) is 22.5. The number of ketones is 1. The zero-order valence-corrected chi connectivity index (χ0v) is 18.4.